The van der Waals surface area contributed by atoms with Gasteiger partial charge in [-0.05, 0) is 13.8 Å². The van der Waals surface area contributed by atoms with E-state index in [0.717, 1.165) is 0 Å². The smallest absolute Gasteiger partial charge is 0.325 e. The molecule has 0 heterocycles. The van der Waals surface area contributed by atoms with Crippen LogP contribution in [0.15, 0.2) is 0 Å². The minimum atomic E-state index is -0.362. The quantitative estimate of drug-likeness (QED) is 0.537. The molecule has 0 aromatic heterocycles. The molecule has 0 aromatic rings. The maximum Gasteiger partial charge on any atom is 0.325 e. The number of rotatable bonds is 5. The number of nitrogens with zero attached hydrogens (tertiary/aromatic N) is 1. The Bertz CT molecular complexity index is 184. The molecule has 0 aliphatic carbocycles. The SMILES string of the molecule is CCOC(=O)CN(CC)C(=O)CBr. The van der Waals surface area contributed by atoms with Crippen LogP contribution in [0, 0.1) is 0 Å². The number of halogens is 1. The number of amides is 1. The van der Waals surface area contributed by atoms with Crippen LogP contribution in [-0.2, 0) is 14.3 Å². The van der Waals surface area contributed by atoms with Gasteiger partial charge in [0.25, 0.3) is 0 Å². The lowest BCUT2D eigenvalue weighted by Gasteiger charge is -2.18. The first-order chi connectivity index (χ1) is 6.15. The van der Waals surface area contributed by atoms with E-state index in [2.05, 4.69) is 15.9 Å². The molecule has 0 spiro atoms. The predicted molar refractivity (Wildman–Crippen MR) is 52.7 cm³/mol. The number of ether oxygens (including phenoxy) is 1. The highest BCUT2D eigenvalue weighted by molar-refractivity contribution is 9.09. The van der Waals surface area contributed by atoms with E-state index in [4.69, 9.17) is 4.74 Å². The highest BCUT2D eigenvalue weighted by Gasteiger charge is 2.14. The summed E-state index contributed by atoms with van der Waals surface area (Å²) in [7, 11) is 0. The summed E-state index contributed by atoms with van der Waals surface area (Å²) >= 11 is 3.04. The number of carbonyl (C=O) groups is 2. The first-order valence-corrected chi connectivity index (χ1v) is 5.27. The molecule has 0 rings (SSSR count). The van der Waals surface area contributed by atoms with E-state index in [1.165, 1.54) is 4.90 Å². The summed E-state index contributed by atoms with van der Waals surface area (Å²) in [5.41, 5.74) is 0. The van der Waals surface area contributed by atoms with E-state index >= 15 is 0 Å². The number of esters is 1. The van der Waals surface area contributed by atoms with Crippen molar-refractivity contribution in [2.24, 2.45) is 0 Å². The number of alkyl halides is 1. The van der Waals surface area contributed by atoms with Gasteiger partial charge < -0.3 is 9.64 Å². The molecular formula is C8H14BrNO3. The van der Waals surface area contributed by atoms with Crippen molar-refractivity contribution in [1.82, 2.24) is 4.90 Å². The van der Waals surface area contributed by atoms with E-state index in [9.17, 15) is 9.59 Å². The van der Waals surface area contributed by atoms with Gasteiger partial charge in [0, 0.05) is 6.54 Å². The average molecular weight is 252 g/mol. The van der Waals surface area contributed by atoms with Crippen molar-refractivity contribution in [2.45, 2.75) is 13.8 Å². The molecule has 0 atom stereocenters. The molecule has 0 aromatic carbocycles. The third-order valence-corrected chi connectivity index (χ3v) is 1.95. The Kier molecular flexibility index (Phi) is 6.58. The number of carbonyl (C=O) groups excluding carboxylic acids is 2. The lowest BCUT2D eigenvalue weighted by Crippen LogP contribution is -2.36. The first-order valence-electron chi connectivity index (χ1n) is 4.15. The van der Waals surface area contributed by atoms with Crippen molar-refractivity contribution in [3.8, 4) is 0 Å². The molecule has 13 heavy (non-hydrogen) atoms. The number of likely N-dealkylation sites (N-methyl/N-ethyl adjacent to an activating group) is 1. The van der Waals surface area contributed by atoms with Gasteiger partial charge in [0.2, 0.25) is 5.91 Å². The second-order valence-corrected chi connectivity index (χ2v) is 2.91. The summed E-state index contributed by atoms with van der Waals surface area (Å²) in [6.45, 7) is 4.46. The van der Waals surface area contributed by atoms with E-state index < -0.39 is 0 Å². The molecule has 76 valence electrons. The van der Waals surface area contributed by atoms with Crippen LogP contribution in [0.4, 0.5) is 0 Å². The van der Waals surface area contributed by atoms with Crippen LogP contribution in [0.3, 0.4) is 0 Å². The summed E-state index contributed by atoms with van der Waals surface area (Å²) in [6, 6.07) is 0. The van der Waals surface area contributed by atoms with Crippen LogP contribution in [-0.4, -0.2) is 41.8 Å². The summed E-state index contributed by atoms with van der Waals surface area (Å²) in [5.74, 6) is -0.464. The fourth-order valence-electron chi connectivity index (χ4n) is 0.823. The maximum absolute atomic E-state index is 11.2. The van der Waals surface area contributed by atoms with Crippen LogP contribution < -0.4 is 0 Å². The van der Waals surface area contributed by atoms with Crippen LogP contribution in [0.25, 0.3) is 0 Å². The van der Waals surface area contributed by atoms with Gasteiger partial charge in [-0.2, -0.15) is 0 Å². The standard InChI is InChI=1S/C8H14BrNO3/c1-3-10(7(11)5-9)6-8(12)13-4-2/h3-6H2,1-2H3. The zero-order chi connectivity index (χ0) is 10.3. The predicted octanol–water partition coefficient (Wildman–Crippen LogP) is 0.793. The number of hydrogen-bond donors (Lipinski definition) is 0. The molecule has 0 saturated carbocycles. The molecule has 4 nitrogen and oxygen atoms in total. The third-order valence-electron chi connectivity index (χ3n) is 1.47. The molecule has 0 fully saturated rings. The molecule has 0 aliphatic rings. The van der Waals surface area contributed by atoms with Gasteiger partial charge in [-0.25, -0.2) is 0 Å². The van der Waals surface area contributed by atoms with E-state index in [1.54, 1.807) is 6.92 Å². The van der Waals surface area contributed by atoms with E-state index in [-0.39, 0.29) is 23.8 Å². The first kappa shape index (κ1) is 12.4. The molecule has 5 heteroatoms. The normalized spacial score (nSPS) is 9.46. The second kappa shape index (κ2) is 6.88. The highest BCUT2D eigenvalue weighted by atomic mass is 79.9. The third kappa shape index (κ3) is 4.87. The molecular weight excluding hydrogens is 238 g/mol. The molecule has 0 bridgehead atoms. The van der Waals surface area contributed by atoms with Crippen LogP contribution in [0.2, 0.25) is 0 Å². The van der Waals surface area contributed by atoms with Crippen LogP contribution in [0.5, 0.6) is 0 Å². The van der Waals surface area contributed by atoms with Gasteiger partial charge in [-0.1, -0.05) is 15.9 Å². The highest BCUT2D eigenvalue weighted by Crippen LogP contribution is 1.94. The second-order valence-electron chi connectivity index (χ2n) is 2.35. The minimum absolute atomic E-state index is 0.0365. The average Bonchev–Trinajstić information content (AvgIpc) is 2.13. The molecule has 0 radical (unpaired) electrons. The van der Waals surface area contributed by atoms with Gasteiger partial charge >= 0.3 is 5.97 Å². The molecule has 0 saturated heterocycles. The van der Waals surface area contributed by atoms with Crippen molar-refractivity contribution in [2.75, 3.05) is 25.0 Å². The van der Waals surface area contributed by atoms with Crippen molar-refractivity contribution in [1.29, 1.82) is 0 Å². The zero-order valence-corrected chi connectivity index (χ0v) is 9.46. The summed E-state index contributed by atoms with van der Waals surface area (Å²) in [6.07, 6.45) is 0. The Hall–Kier alpha value is -0.580. The zero-order valence-electron chi connectivity index (χ0n) is 7.88. The van der Waals surface area contributed by atoms with Gasteiger partial charge in [0.1, 0.15) is 6.54 Å². The molecule has 0 unspecified atom stereocenters. The molecule has 0 aliphatic heterocycles. The molecule has 1 amide bonds. The van der Waals surface area contributed by atoms with Crippen LogP contribution >= 0.6 is 15.9 Å². The summed E-state index contributed by atoms with van der Waals surface area (Å²) < 4.78 is 4.72. The van der Waals surface area contributed by atoms with Crippen molar-refractivity contribution < 1.29 is 14.3 Å². The lowest BCUT2D eigenvalue weighted by atomic mass is 10.4. The fourth-order valence-corrected chi connectivity index (χ4v) is 1.18. The van der Waals surface area contributed by atoms with Crippen molar-refractivity contribution in [3.63, 3.8) is 0 Å². The summed E-state index contributed by atoms with van der Waals surface area (Å²) in [4.78, 5) is 23.6. The Labute approximate surface area is 86.4 Å². The minimum Gasteiger partial charge on any atom is -0.465 e. The maximum atomic E-state index is 11.2. The van der Waals surface area contributed by atoms with Crippen molar-refractivity contribution in [3.05, 3.63) is 0 Å². The van der Waals surface area contributed by atoms with E-state index in [1.807, 2.05) is 6.92 Å². The van der Waals surface area contributed by atoms with Gasteiger partial charge in [-0.3, -0.25) is 9.59 Å². The monoisotopic (exact) mass is 251 g/mol. The van der Waals surface area contributed by atoms with Crippen LogP contribution in [0.1, 0.15) is 13.8 Å². The Morgan fingerprint density at radius 1 is 1.38 bits per heavy atom. The topological polar surface area (TPSA) is 46.6 Å². The van der Waals surface area contributed by atoms with Gasteiger partial charge in [0.15, 0.2) is 0 Å². The largest absolute Gasteiger partial charge is 0.465 e. The van der Waals surface area contributed by atoms with Gasteiger partial charge in [0.05, 0.1) is 11.9 Å². The Morgan fingerprint density at radius 2 is 2.00 bits per heavy atom. The summed E-state index contributed by atoms with van der Waals surface area (Å²) in [5, 5.41) is 0.236. The van der Waals surface area contributed by atoms with Gasteiger partial charge in [-0.15, -0.1) is 0 Å². The van der Waals surface area contributed by atoms with E-state index in [0.29, 0.717) is 13.2 Å². The van der Waals surface area contributed by atoms with Crippen molar-refractivity contribution >= 4 is 27.8 Å². The Morgan fingerprint density at radius 3 is 2.38 bits per heavy atom. The Balaban J connectivity index is 3.97. The lowest BCUT2D eigenvalue weighted by molar-refractivity contribution is -0.148. The molecule has 0 N–H and O–H groups in total. The number of hydrogen-bond acceptors (Lipinski definition) is 3. The fraction of sp³-hybridized carbons (Fsp3) is 0.750.